The van der Waals surface area contributed by atoms with E-state index in [9.17, 15) is 18.3 Å². The van der Waals surface area contributed by atoms with E-state index in [1.807, 2.05) is 33.2 Å². The molecule has 258 valence electrons. The van der Waals surface area contributed by atoms with Crippen molar-refractivity contribution in [1.82, 2.24) is 9.62 Å². The van der Waals surface area contributed by atoms with E-state index in [-0.39, 0.29) is 28.7 Å². The largest absolute Gasteiger partial charge is 0.490 e. The molecule has 1 fully saturated rings. The predicted molar refractivity (Wildman–Crippen MR) is 191 cm³/mol. The molecule has 2 aliphatic heterocycles. The lowest BCUT2D eigenvalue weighted by molar-refractivity contribution is -0.00326. The van der Waals surface area contributed by atoms with Crippen LogP contribution in [-0.4, -0.2) is 75.5 Å². The number of aliphatic hydroxyl groups is 1. The number of rotatable bonds is 2. The first-order valence-electron chi connectivity index (χ1n) is 17.2. The summed E-state index contributed by atoms with van der Waals surface area (Å²) >= 11 is 6.44. The van der Waals surface area contributed by atoms with Crippen molar-refractivity contribution in [1.29, 1.82) is 0 Å². The lowest BCUT2D eigenvalue weighted by Gasteiger charge is -2.47. The second kappa shape index (κ2) is 13.7. The molecular formula is C38H48ClN3O5S. The second-order valence-electron chi connectivity index (χ2n) is 14.7. The minimum atomic E-state index is -3.98. The molecule has 8 nitrogen and oxygen atoms in total. The number of halogens is 1. The van der Waals surface area contributed by atoms with Gasteiger partial charge in [-0.25, -0.2) is 13.1 Å². The van der Waals surface area contributed by atoms with Crippen LogP contribution in [0.1, 0.15) is 73.9 Å². The standard InChI is InChI=1S/C38H48ClN3O5S/c1-26-9-7-19-38(44,18-5-6-20-41(3)4)33-14-11-30(33)23-42-24-37(17-8-10-28-21-31(39)13-15-32(28)37)25-47-35-16-12-29(22-34(35)42)36(43)40-48(45,46)27(26)2/h7,12-13,15-16,19,21-22,26-27,30,33,44H,6,8-11,14,17,20,23-25H2,1-4H3,(H,40,43)/b19-7+/t26-,27+,30-,33+,37-,38-/m0/s1. The molecule has 2 aromatic carbocycles. The van der Waals surface area contributed by atoms with Crippen molar-refractivity contribution in [3.8, 4) is 17.6 Å². The fourth-order valence-electron chi connectivity index (χ4n) is 7.89. The van der Waals surface area contributed by atoms with E-state index < -0.39 is 26.8 Å². The zero-order chi connectivity index (χ0) is 34.3. The van der Waals surface area contributed by atoms with Gasteiger partial charge in [-0.3, -0.25) is 4.79 Å². The molecular weight excluding hydrogens is 646 g/mol. The molecule has 6 atom stereocenters. The number of nitrogens with one attached hydrogen (secondary N) is 1. The molecule has 1 spiro atoms. The zero-order valence-corrected chi connectivity index (χ0v) is 30.0. The van der Waals surface area contributed by atoms with Crippen LogP contribution in [0.4, 0.5) is 5.69 Å². The summed E-state index contributed by atoms with van der Waals surface area (Å²) in [6.45, 7) is 6.02. The van der Waals surface area contributed by atoms with Gasteiger partial charge in [-0.15, -0.1) is 0 Å². The summed E-state index contributed by atoms with van der Waals surface area (Å²) < 4.78 is 35.7. The van der Waals surface area contributed by atoms with Gasteiger partial charge in [-0.2, -0.15) is 0 Å². The quantitative estimate of drug-likeness (QED) is 0.314. The van der Waals surface area contributed by atoms with E-state index in [0.717, 1.165) is 49.4 Å². The summed E-state index contributed by atoms with van der Waals surface area (Å²) in [7, 11) is 0.0237. The van der Waals surface area contributed by atoms with Crippen molar-refractivity contribution in [2.75, 3.05) is 45.2 Å². The van der Waals surface area contributed by atoms with Crippen LogP contribution in [0.5, 0.6) is 5.75 Å². The minimum absolute atomic E-state index is 0.0996. The number of benzene rings is 2. The van der Waals surface area contributed by atoms with Gasteiger partial charge in [0.25, 0.3) is 5.91 Å². The predicted octanol–water partition coefficient (Wildman–Crippen LogP) is 5.57. The first kappa shape index (κ1) is 34.8. The van der Waals surface area contributed by atoms with Crippen LogP contribution in [-0.2, 0) is 21.9 Å². The van der Waals surface area contributed by atoms with Gasteiger partial charge in [0.05, 0.1) is 17.5 Å². The summed E-state index contributed by atoms with van der Waals surface area (Å²) in [6.07, 6.45) is 9.40. The smallest absolute Gasteiger partial charge is 0.264 e. The number of amides is 1. The van der Waals surface area contributed by atoms with Gasteiger partial charge in [-0.1, -0.05) is 42.5 Å². The lowest BCUT2D eigenvalue weighted by Crippen LogP contribution is -2.52. The van der Waals surface area contributed by atoms with Crippen LogP contribution in [0.15, 0.2) is 48.6 Å². The lowest BCUT2D eigenvalue weighted by atomic mass is 9.64. The Morgan fingerprint density at radius 2 is 1.98 bits per heavy atom. The van der Waals surface area contributed by atoms with Gasteiger partial charge in [0.1, 0.15) is 11.4 Å². The first-order chi connectivity index (χ1) is 22.8. The number of anilines is 1. The summed E-state index contributed by atoms with van der Waals surface area (Å²) in [4.78, 5) is 17.9. The zero-order valence-electron chi connectivity index (χ0n) is 28.5. The number of fused-ring (bicyclic) bond motifs is 4. The molecule has 6 rings (SSSR count). The van der Waals surface area contributed by atoms with Crippen LogP contribution < -0.4 is 14.4 Å². The van der Waals surface area contributed by atoms with E-state index in [0.29, 0.717) is 38.3 Å². The number of hydrogen-bond acceptors (Lipinski definition) is 7. The number of hydrogen-bond donors (Lipinski definition) is 2. The maximum absolute atomic E-state index is 13.5. The molecule has 0 saturated heterocycles. The summed E-state index contributed by atoms with van der Waals surface area (Å²) in [5, 5.41) is 12.1. The summed E-state index contributed by atoms with van der Waals surface area (Å²) in [5.74, 6) is 6.23. The molecule has 48 heavy (non-hydrogen) atoms. The van der Waals surface area contributed by atoms with E-state index in [2.05, 4.69) is 38.5 Å². The van der Waals surface area contributed by atoms with Crippen molar-refractivity contribution in [2.45, 2.75) is 75.1 Å². The summed E-state index contributed by atoms with van der Waals surface area (Å²) in [6, 6.07) is 11.4. The molecule has 2 aliphatic carbocycles. The highest BCUT2D eigenvalue weighted by molar-refractivity contribution is 7.90. The Labute approximate surface area is 290 Å². The first-order valence-corrected chi connectivity index (χ1v) is 19.1. The van der Waals surface area contributed by atoms with Gasteiger partial charge in [0.2, 0.25) is 10.0 Å². The maximum atomic E-state index is 13.5. The number of allylic oxidation sites excluding steroid dienone is 1. The third-order valence-electron chi connectivity index (χ3n) is 11.1. The molecule has 4 aliphatic rings. The fraction of sp³-hybridized carbons (Fsp3) is 0.553. The van der Waals surface area contributed by atoms with Crippen LogP contribution in [0, 0.1) is 29.6 Å². The van der Waals surface area contributed by atoms with Gasteiger partial charge < -0.3 is 19.6 Å². The molecule has 1 saturated carbocycles. The highest BCUT2D eigenvalue weighted by Crippen LogP contribution is 2.48. The minimum Gasteiger partial charge on any atom is -0.490 e. The third-order valence-corrected chi connectivity index (χ3v) is 13.3. The Morgan fingerprint density at radius 3 is 2.73 bits per heavy atom. The average Bonchev–Trinajstić information content (AvgIpc) is 3.17. The van der Waals surface area contributed by atoms with E-state index in [1.165, 1.54) is 11.1 Å². The number of sulfonamides is 1. The van der Waals surface area contributed by atoms with Crippen molar-refractivity contribution >= 4 is 33.2 Å². The van der Waals surface area contributed by atoms with Crippen molar-refractivity contribution < 1.29 is 23.1 Å². The molecule has 0 aromatic heterocycles. The molecule has 1 amide bonds. The number of carbonyl (C=O) groups excluding carboxylic acids is 1. The Bertz CT molecular complexity index is 1750. The Balaban J connectivity index is 1.44. The third kappa shape index (κ3) is 7.00. The van der Waals surface area contributed by atoms with Gasteiger partial charge in [0, 0.05) is 48.0 Å². The highest BCUT2D eigenvalue weighted by Gasteiger charge is 2.47. The molecule has 2 N–H and O–H groups in total. The molecule has 2 bridgehead atoms. The van der Waals surface area contributed by atoms with Crippen molar-refractivity contribution in [2.24, 2.45) is 17.8 Å². The SMILES string of the molecule is C[C@@H]1[C@@H](C)C/C=C/[C@@](O)(C#CCCN(C)C)[C@@H]2CC[C@H]2CN2C[C@@]3(CCCc4cc(Cl)ccc43)COc3ccc(cc32)C(=O)NS1(=O)=O. The molecule has 10 heteroatoms. The maximum Gasteiger partial charge on any atom is 0.264 e. The topological polar surface area (TPSA) is 99.2 Å². The van der Waals surface area contributed by atoms with Gasteiger partial charge >= 0.3 is 0 Å². The Morgan fingerprint density at radius 1 is 1.17 bits per heavy atom. The van der Waals surface area contributed by atoms with E-state index in [1.54, 1.807) is 31.2 Å². The summed E-state index contributed by atoms with van der Waals surface area (Å²) in [5.41, 5.74) is 1.84. The van der Waals surface area contributed by atoms with Gasteiger partial charge in [0.15, 0.2) is 0 Å². The van der Waals surface area contributed by atoms with Crippen molar-refractivity contribution in [3.63, 3.8) is 0 Å². The average molecular weight is 694 g/mol. The number of carbonyl (C=O) groups is 1. The Kier molecular flexibility index (Phi) is 9.94. The van der Waals surface area contributed by atoms with Crippen LogP contribution in [0.3, 0.4) is 0 Å². The number of ether oxygens (including phenoxy) is 1. The molecule has 2 aromatic rings. The van der Waals surface area contributed by atoms with Gasteiger partial charge in [-0.05, 0) is 119 Å². The molecule has 0 unspecified atom stereocenters. The monoisotopic (exact) mass is 693 g/mol. The number of aryl methyl sites for hydroxylation is 1. The second-order valence-corrected chi connectivity index (χ2v) is 17.2. The van der Waals surface area contributed by atoms with Crippen LogP contribution >= 0.6 is 11.6 Å². The van der Waals surface area contributed by atoms with E-state index >= 15 is 0 Å². The fourth-order valence-corrected chi connectivity index (χ4v) is 9.37. The Hall–Kier alpha value is -3.03. The number of nitrogens with zero attached hydrogens (tertiary/aromatic N) is 2. The van der Waals surface area contributed by atoms with Crippen molar-refractivity contribution in [3.05, 3.63) is 70.3 Å². The van der Waals surface area contributed by atoms with Crippen LogP contribution in [0.25, 0.3) is 0 Å². The van der Waals surface area contributed by atoms with E-state index in [4.69, 9.17) is 16.3 Å². The van der Waals surface area contributed by atoms with Crippen LogP contribution in [0.2, 0.25) is 5.02 Å². The molecule has 2 heterocycles. The highest BCUT2D eigenvalue weighted by atomic mass is 35.5. The normalized spacial score (nSPS) is 32.0. The molecule has 0 radical (unpaired) electrons.